The summed E-state index contributed by atoms with van der Waals surface area (Å²) in [6.07, 6.45) is 0. The van der Waals surface area contributed by atoms with E-state index in [2.05, 4.69) is 129 Å². The van der Waals surface area contributed by atoms with Crippen LogP contribution in [0.1, 0.15) is 30.5 Å². The lowest BCUT2D eigenvalue weighted by Crippen LogP contribution is -2.24. The van der Waals surface area contributed by atoms with Crippen LogP contribution in [0, 0.1) is 11.3 Å². The molecule has 1 aliphatic rings. The molecular formula is C44H31N3O. The maximum atomic E-state index is 9.76. The number of aromatic nitrogens is 2. The molecule has 0 saturated carbocycles. The summed E-state index contributed by atoms with van der Waals surface area (Å²) >= 11 is 0. The molecule has 6 aromatic carbocycles. The third-order valence-corrected chi connectivity index (χ3v) is 9.19. The van der Waals surface area contributed by atoms with Gasteiger partial charge in [0.2, 0.25) is 0 Å². The van der Waals surface area contributed by atoms with Gasteiger partial charge in [0.25, 0.3) is 0 Å². The zero-order valence-electron chi connectivity index (χ0n) is 26.7. The molecule has 0 N–H and O–H groups in total. The van der Waals surface area contributed by atoms with E-state index in [-0.39, 0.29) is 0 Å². The van der Waals surface area contributed by atoms with Crippen molar-refractivity contribution in [3.63, 3.8) is 0 Å². The van der Waals surface area contributed by atoms with Crippen molar-refractivity contribution < 1.29 is 4.74 Å². The van der Waals surface area contributed by atoms with Gasteiger partial charge in [-0.3, -0.25) is 0 Å². The fourth-order valence-electron chi connectivity index (χ4n) is 6.58. The summed E-state index contributed by atoms with van der Waals surface area (Å²) in [5.74, 6) is 2.00. The van der Waals surface area contributed by atoms with Crippen LogP contribution in [-0.4, -0.2) is 9.97 Å². The monoisotopic (exact) mass is 617 g/mol. The number of para-hydroxylation sites is 1. The molecule has 0 aliphatic carbocycles. The minimum Gasteiger partial charge on any atom is -0.455 e. The molecule has 48 heavy (non-hydrogen) atoms. The number of benzene rings is 6. The van der Waals surface area contributed by atoms with Crippen LogP contribution in [0.5, 0.6) is 11.5 Å². The predicted molar refractivity (Wildman–Crippen MR) is 193 cm³/mol. The summed E-state index contributed by atoms with van der Waals surface area (Å²) in [7, 11) is 0. The molecule has 4 nitrogen and oxygen atoms in total. The fourth-order valence-corrected chi connectivity index (χ4v) is 6.58. The third-order valence-electron chi connectivity index (χ3n) is 9.19. The Hall–Kier alpha value is -6.31. The molecule has 0 unspecified atom stereocenters. The van der Waals surface area contributed by atoms with Crippen LogP contribution in [0.15, 0.2) is 152 Å². The highest BCUT2D eigenvalue weighted by molar-refractivity contribution is 5.78. The van der Waals surface area contributed by atoms with Crippen LogP contribution in [-0.2, 0) is 5.41 Å². The molecule has 2 heterocycles. The lowest BCUT2D eigenvalue weighted by Gasteiger charge is -2.35. The van der Waals surface area contributed by atoms with Gasteiger partial charge in [-0.1, -0.05) is 123 Å². The van der Waals surface area contributed by atoms with Crippen LogP contribution in [0.25, 0.3) is 56.2 Å². The van der Waals surface area contributed by atoms with E-state index in [9.17, 15) is 5.26 Å². The molecule has 0 atom stereocenters. The SMILES string of the molecule is CC1(C)c2cc(-c3nc(-c4cccc(-c5ccccc5)c4)cc(-c4cccc(-c5ccccc5)c4)n3)ccc2Oc2c(C#N)cccc21. The number of hydrogen-bond acceptors (Lipinski definition) is 4. The standard InChI is InChI=1S/C44H31N3O/c1-44(2)37-21-11-20-36(28-45)42(37)48-41-23-22-35(26-38(41)44)43-46-39(33-18-9-16-31(24-33)29-12-5-3-6-13-29)27-40(47-43)34-19-10-17-32(25-34)30-14-7-4-8-15-30/h3-27H,1-2H3. The van der Waals surface area contributed by atoms with Crippen LogP contribution >= 0.6 is 0 Å². The highest BCUT2D eigenvalue weighted by Gasteiger charge is 2.36. The first-order valence-electron chi connectivity index (χ1n) is 16.0. The van der Waals surface area contributed by atoms with Crippen molar-refractivity contribution in [2.24, 2.45) is 0 Å². The second-order valence-corrected chi connectivity index (χ2v) is 12.6. The molecule has 1 aromatic heterocycles. The number of fused-ring (bicyclic) bond motifs is 2. The van der Waals surface area contributed by atoms with E-state index in [1.54, 1.807) is 6.07 Å². The number of nitriles is 1. The van der Waals surface area contributed by atoms with Crippen molar-refractivity contribution >= 4 is 0 Å². The largest absolute Gasteiger partial charge is 0.455 e. The zero-order chi connectivity index (χ0) is 32.7. The molecular weight excluding hydrogens is 587 g/mol. The molecule has 0 amide bonds. The number of hydrogen-bond donors (Lipinski definition) is 0. The quantitative estimate of drug-likeness (QED) is 0.193. The van der Waals surface area contributed by atoms with E-state index in [0.717, 1.165) is 67.2 Å². The van der Waals surface area contributed by atoms with Crippen LogP contribution in [0.3, 0.4) is 0 Å². The fraction of sp³-hybridized carbons (Fsp3) is 0.0682. The normalized spacial score (nSPS) is 12.7. The Labute approximate surface area is 280 Å². The van der Waals surface area contributed by atoms with E-state index in [1.165, 1.54) is 0 Å². The Bertz CT molecular complexity index is 2250. The first-order valence-corrected chi connectivity index (χ1v) is 16.0. The Morgan fingerprint density at radius 3 is 1.62 bits per heavy atom. The highest BCUT2D eigenvalue weighted by Crippen LogP contribution is 2.50. The van der Waals surface area contributed by atoms with Crippen molar-refractivity contribution in [3.05, 3.63) is 168 Å². The third kappa shape index (κ3) is 5.22. The summed E-state index contributed by atoms with van der Waals surface area (Å²) < 4.78 is 6.36. The van der Waals surface area contributed by atoms with Gasteiger partial charge in [-0.25, -0.2) is 9.97 Å². The van der Waals surface area contributed by atoms with Gasteiger partial charge in [-0.15, -0.1) is 0 Å². The van der Waals surface area contributed by atoms with E-state index in [0.29, 0.717) is 17.1 Å². The first-order chi connectivity index (χ1) is 23.5. The van der Waals surface area contributed by atoms with Gasteiger partial charge < -0.3 is 4.74 Å². The zero-order valence-corrected chi connectivity index (χ0v) is 26.7. The molecule has 1 aliphatic heterocycles. The molecule has 228 valence electrons. The van der Waals surface area contributed by atoms with Crippen molar-refractivity contribution in [1.29, 1.82) is 5.26 Å². The van der Waals surface area contributed by atoms with E-state index >= 15 is 0 Å². The number of nitrogens with zero attached hydrogens (tertiary/aromatic N) is 3. The van der Waals surface area contributed by atoms with Crippen LogP contribution in [0.4, 0.5) is 0 Å². The molecule has 7 aromatic rings. The first kappa shape index (κ1) is 29.1. The second kappa shape index (κ2) is 11.8. The Morgan fingerprint density at radius 1 is 0.500 bits per heavy atom. The Morgan fingerprint density at radius 2 is 1.04 bits per heavy atom. The maximum absolute atomic E-state index is 9.76. The summed E-state index contributed by atoms with van der Waals surface area (Å²) in [6, 6.07) is 54.1. The summed E-state index contributed by atoms with van der Waals surface area (Å²) in [5.41, 5.74) is 11.3. The summed E-state index contributed by atoms with van der Waals surface area (Å²) in [6.45, 7) is 4.34. The minimum absolute atomic E-state index is 0.403. The number of rotatable bonds is 5. The lowest BCUT2D eigenvalue weighted by molar-refractivity contribution is 0.417. The van der Waals surface area contributed by atoms with E-state index in [4.69, 9.17) is 14.7 Å². The van der Waals surface area contributed by atoms with Gasteiger partial charge in [0.05, 0.1) is 17.0 Å². The van der Waals surface area contributed by atoms with Gasteiger partial charge in [0.1, 0.15) is 17.6 Å². The Balaban J connectivity index is 1.28. The van der Waals surface area contributed by atoms with Gasteiger partial charge in [0, 0.05) is 33.2 Å². The predicted octanol–water partition coefficient (Wildman–Crippen LogP) is 11.1. The summed E-state index contributed by atoms with van der Waals surface area (Å²) in [4.78, 5) is 10.4. The van der Waals surface area contributed by atoms with E-state index in [1.807, 2.05) is 36.4 Å². The number of ether oxygens (including phenoxy) is 1. The van der Waals surface area contributed by atoms with Crippen molar-refractivity contribution in [1.82, 2.24) is 9.97 Å². The van der Waals surface area contributed by atoms with Gasteiger partial charge >= 0.3 is 0 Å². The van der Waals surface area contributed by atoms with Gasteiger partial charge in [-0.2, -0.15) is 5.26 Å². The average molecular weight is 618 g/mol. The molecule has 0 spiro atoms. The minimum atomic E-state index is -0.403. The summed E-state index contributed by atoms with van der Waals surface area (Å²) in [5, 5.41) is 9.76. The van der Waals surface area contributed by atoms with Crippen molar-refractivity contribution in [2.45, 2.75) is 19.3 Å². The van der Waals surface area contributed by atoms with Crippen molar-refractivity contribution in [3.8, 4) is 73.7 Å². The van der Waals surface area contributed by atoms with Crippen LogP contribution < -0.4 is 4.74 Å². The Kier molecular flexibility index (Phi) is 7.16. The second-order valence-electron chi connectivity index (χ2n) is 12.6. The van der Waals surface area contributed by atoms with Gasteiger partial charge in [-0.05, 0) is 64.7 Å². The lowest BCUT2D eigenvalue weighted by atomic mass is 9.74. The maximum Gasteiger partial charge on any atom is 0.160 e. The molecule has 0 saturated heterocycles. The molecule has 0 radical (unpaired) electrons. The van der Waals surface area contributed by atoms with E-state index < -0.39 is 5.41 Å². The van der Waals surface area contributed by atoms with Crippen LogP contribution in [0.2, 0.25) is 0 Å². The topological polar surface area (TPSA) is 58.8 Å². The van der Waals surface area contributed by atoms with Crippen molar-refractivity contribution in [2.75, 3.05) is 0 Å². The average Bonchev–Trinajstić information content (AvgIpc) is 3.15. The highest BCUT2D eigenvalue weighted by atomic mass is 16.5. The molecule has 8 rings (SSSR count). The molecule has 4 heteroatoms. The van der Waals surface area contributed by atoms with Gasteiger partial charge in [0.15, 0.2) is 5.82 Å². The smallest absolute Gasteiger partial charge is 0.160 e. The molecule has 0 bridgehead atoms. The molecule has 0 fully saturated rings.